The van der Waals surface area contributed by atoms with Crippen LogP contribution in [-0.2, 0) is 20.9 Å². The topological polar surface area (TPSA) is 79.9 Å². The van der Waals surface area contributed by atoms with Crippen molar-refractivity contribution in [1.29, 1.82) is 0 Å². The summed E-state index contributed by atoms with van der Waals surface area (Å²) in [6.45, 7) is 5.09. The van der Waals surface area contributed by atoms with Gasteiger partial charge in [-0.25, -0.2) is 0 Å². The average molecular weight is 418 g/mol. The van der Waals surface area contributed by atoms with Crippen LogP contribution in [0.3, 0.4) is 0 Å². The molecule has 2 aromatic rings. The first kappa shape index (κ1) is 21.3. The largest absolute Gasteiger partial charge is 0.496 e. The molecule has 1 aliphatic rings. The van der Waals surface area contributed by atoms with E-state index >= 15 is 0 Å². The van der Waals surface area contributed by atoms with Crippen molar-refractivity contribution in [3.63, 3.8) is 0 Å². The van der Waals surface area contributed by atoms with E-state index in [1.54, 1.807) is 18.4 Å². The van der Waals surface area contributed by atoms with Crippen LogP contribution in [0, 0.1) is 0 Å². The number of rotatable bonds is 7. The Morgan fingerprint density at radius 2 is 1.93 bits per heavy atom. The number of amides is 2. The highest BCUT2D eigenvalue weighted by atomic mass is 32.1. The minimum Gasteiger partial charge on any atom is -0.496 e. The molecule has 8 heteroatoms. The molecule has 156 valence electrons. The third-order valence-electron chi connectivity index (χ3n) is 4.94. The molecule has 1 fully saturated rings. The van der Waals surface area contributed by atoms with Crippen molar-refractivity contribution >= 4 is 23.2 Å². The molecule has 0 spiro atoms. The minimum absolute atomic E-state index is 0.00451. The second kappa shape index (κ2) is 10.4. The maximum absolute atomic E-state index is 12.5. The number of nitrogens with one attached hydrogen (secondary N) is 2. The second-order valence-corrected chi connectivity index (χ2v) is 7.84. The first-order valence-corrected chi connectivity index (χ1v) is 10.5. The smallest absolute Gasteiger partial charge is 0.309 e. The van der Waals surface area contributed by atoms with Gasteiger partial charge in [0, 0.05) is 36.1 Å². The summed E-state index contributed by atoms with van der Waals surface area (Å²) in [5.74, 6) is -0.622. The molecule has 1 saturated heterocycles. The molecule has 0 bridgehead atoms. The third-order valence-corrected chi connectivity index (χ3v) is 5.89. The molecule has 2 amide bonds. The van der Waals surface area contributed by atoms with E-state index in [9.17, 15) is 9.59 Å². The number of ether oxygens (including phenoxy) is 2. The molecule has 1 aromatic carbocycles. The summed E-state index contributed by atoms with van der Waals surface area (Å²) in [5.41, 5.74) is 0.814. The fourth-order valence-electron chi connectivity index (χ4n) is 3.51. The second-order valence-electron chi connectivity index (χ2n) is 6.87. The first-order valence-electron chi connectivity index (χ1n) is 9.66. The number of carbonyl (C=O) groups excluding carboxylic acids is 2. The molecule has 1 aromatic heterocycles. The predicted octanol–water partition coefficient (Wildman–Crippen LogP) is 1.95. The molecule has 7 nitrogen and oxygen atoms in total. The molecule has 0 saturated carbocycles. The molecule has 0 unspecified atom stereocenters. The molecule has 2 atom stereocenters. The van der Waals surface area contributed by atoms with Gasteiger partial charge in [-0.15, -0.1) is 11.3 Å². The van der Waals surface area contributed by atoms with Crippen LogP contribution in [0.5, 0.6) is 5.75 Å². The van der Waals surface area contributed by atoms with Crippen LogP contribution in [0.25, 0.3) is 0 Å². The van der Waals surface area contributed by atoms with Gasteiger partial charge in [-0.05, 0) is 24.4 Å². The molecule has 2 N–H and O–H groups in total. The molecule has 29 heavy (non-hydrogen) atoms. The number of methoxy groups -OCH3 is 1. The van der Waals surface area contributed by atoms with E-state index < -0.39 is 11.8 Å². The number of carbonyl (C=O) groups is 2. The number of nitrogens with zero attached hydrogens (tertiary/aromatic N) is 1. The Bertz CT molecular complexity index is 806. The summed E-state index contributed by atoms with van der Waals surface area (Å²) >= 11 is 1.65. The fraction of sp³-hybridized carbons (Fsp3) is 0.429. The first-order chi connectivity index (χ1) is 14.1. The van der Waals surface area contributed by atoms with E-state index in [2.05, 4.69) is 21.6 Å². The molecular formula is C21H27N3O4S. The van der Waals surface area contributed by atoms with Crippen molar-refractivity contribution in [3.8, 4) is 5.75 Å². The van der Waals surface area contributed by atoms with Crippen LogP contribution < -0.4 is 15.4 Å². The Balaban J connectivity index is 1.60. The highest BCUT2D eigenvalue weighted by Gasteiger charge is 2.30. The quantitative estimate of drug-likeness (QED) is 0.673. The van der Waals surface area contributed by atoms with Gasteiger partial charge < -0.3 is 20.1 Å². The number of morpholine rings is 1. The normalized spacial score (nSPS) is 16.6. The summed E-state index contributed by atoms with van der Waals surface area (Å²) in [4.78, 5) is 28.3. The van der Waals surface area contributed by atoms with Crippen molar-refractivity contribution in [2.45, 2.75) is 25.6 Å². The van der Waals surface area contributed by atoms with Gasteiger partial charge in [0.15, 0.2) is 0 Å². The molecule has 3 rings (SSSR count). The Hall–Kier alpha value is -2.42. The van der Waals surface area contributed by atoms with Crippen molar-refractivity contribution in [3.05, 3.63) is 52.2 Å². The van der Waals surface area contributed by atoms with Crippen LogP contribution in [-0.4, -0.2) is 56.2 Å². The monoisotopic (exact) mass is 417 g/mol. The van der Waals surface area contributed by atoms with Gasteiger partial charge in [0.25, 0.3) is 0 Å². The van der Waals surface area contributed by atoms with Crippen LogP contribution in [0.4, 0.5) is 0 Å². The molecule has 0 radical (unpaired) electrons. The lowest BCUT2D eigenvalue weighted by Gasteiger charge is -2.37. The van der Waals surface area contributed by atoms with Crippen LogP contribution in [0.15, 0.2) is 41.8 Å². The van der Waals surface area contributed by atoms with E-state index in [0.717, 1.165) is 23.5 Å². The number of hydrogen-bond donors (Lipinski definition) is 2. The summed E-state index contributed by atoms with van der Waals surface area (Å²) in [5, 5.41) is 7.57. The lowest BCUT2D eigenvalue weighted by atomic mass is 10.1. The Morgan fingerprint density at radius 3 is 2.62 bits per heavy atom. The Labute approximate surface area is 175 Å². The van der Waals surface area contributed by atoms with E-state index in [1.807, 2.05) is 42.6 Å². The van der Waals surface area contributed by atoms with Crippen molar-refractivity contribution in [2.75, 3.05) is 33.4 Å². The van der Waals surface area contributed by atoms with Gasteiger partial charge in [-0.2, -0.15) is 0 Å². The number of hydrogen-bond acceptors (Lipinski definition) is 6. The summed E-state index contributed by atoms with van der Waals surface area (Å²) < 4.78 is 10.7. The van der Waals surface area contributed by atoms with Gasteiger partial charge in [-0.3, -0.25) is 14.5 Å². The van der Waals surface area contributed by atoms with E-state index in [4.69, 9.17) is 9.47 Å². The van der Waals surface area contributed by atoms with Crippen LogP contribution in [0.1, 0.15) is 23.4 Å². The average Bonchev–Trinajstić information content (AvgIpc) is 3.27. The van der Waals surface area contributed by atoms with E-state index in [0.29, 0.717) is 19.0 Å². The Morgan fingerprint density at radius 1 is 1.17 bits per heavy atom. The van der Waals surface area contributed by atoms with E-state index in [-0.39, 0.29) is 18.6 Å². The standard InChI is InChI=1S/C21H27N3O4S/c1-15(19(18-8-5-13-29-18)24-9-11-28-12-10-24)23-21(26)20(25)22-14-16-6-3-4-7-17(16)27-2/h3-8,13,15,19H,9-12,14H2,1-2H3,(H,22,25)(H,23,26)/t15-,19+/m1/s1. The lowest BCUT2D eigenvalue weighted by molar-refractivity contribution is -0.140. The summed E-state index contributed by atoms with van der Waals surface area (Å²) in [7, 11) is 1.57. The minimum atomic E-state index is -0.658. The van der Waals surface area contributed by atoms with E-state index in [1.165, 1.54) is 0 Å². The van der Waals surface area contributed by atoms with Gasteiger partial charge in [0.1, 0.15) is 5.75 Å². The highest BCUT2D eigenvalue weighted by molar-refractivity contribution is 7.10. The highest BCUT2D eigenvalue weighted by Crippen LogP contribution is 2.29. The van der Waals surface area contributed by atoms with Crippen LogP contribution in [0.2, 0.25) is 0 Å². The van der Waals surface area contributed by atoms with Gasteiger partial charge in [0.05, 0.1) is 26.4 Å². The van der Waals surface area contributed by atoms with Crippen molar-refractivity contribution < 1.29 is 19.1 Å². The summed E-state index contributed by atoms with van der Waals surface area (Å²) in [6, 6.07) is 11.2. The fourth-order valence-corrected chi connectivity index (χ4v) is 4.48. The predicted molar refractivity (Wildman–Crippen MR) is 112 cm³/mol. The molecule has 2 heterocycles. The van der Waals surface area contributed by atoms with Crippen molar-refractivity contribution in [1.82, 2.24) is 15.5 Å². The van der Waals surface area contributed by atoms with Gasteiger partial charge >= 0.3 is 11.8 Å². The zero-order valence-corrected chi connectivity index (χ0v) is 17.5. The summed E-state index contributed by atoms with van der Waals surface area (Å²) in [6.07, 6.45) is 0. The van der Waals surface area contributed by atoms with Crippen LogP contribution >= 0.6 is 11.3 Å². The molecule has 1 aliphatic heterocycles. The number of thiophene rings is 1. The SMILES string of the molecule is COc1ccccc1CNC(=O)C(=O)N[C@H](C)[C@@H](c1cccs1)N1CCOCC1. The molecular weight excluding hydrogens is 390 g/mol. The van der Waals surface area contributed by atoms with Crippen molar-refractivity contribution in [2.24, 2.45) is 0 Å². The van der Waals surface area contributed by atoms with Gasteiger partial charge in [-0.1, -0.05) is 24.3 Å². The lowest BCUT2D eigenvalue weighted by Crippen LogP contribution is -2.51. The molecule has 0 aliphatic carbocycles. The maximum Gasteiger partial charge on any atom is 0.309 e. The zero-order chi connectivity index (χ0) is 20.6. The number of benzene rings is 1. The number of para-hydroxylation sites is 1. The maximum atomic E-state index is 12.5. The zero-order valence-electron chi connectivity index (χ0n) is 16.7. The third kappa shape index (κ3) is 5.56. The van der Waals surface area contributed by atoms with Gasteiger partial charge in [0.2, 0.25) is 0 Å². The Kier molecular flexibility index (Phi) is 7.62.